The molecule has 0 aliphatic heterocycles. The van der Waals surface area contributed by atoms with Crippen molar-refractivity contribution in [3.05, 3.63) is 87.7 Å². The van der Waals surface area contributed by atoms with Crippen LogP contribution >= 0.6 is 34.7 Å². The van der Waals surface area contributed by atoms with E-state index in [1.165, 1.54) is 11.1 Å². The van der Waals surface area contributed by atoms with Gasteiger partial charge in [0.05, 0.1) is 5.69 Å². The normalized spacial score (nSPS) is 12.0. The van der Waals surface area contributed by atoms with Crippen molar-refractivity contribution in [1.82, 2.24) is 19.7 Å². The molecule has 0 saturated carbocycles. The molecule has 0 amide bonds. The number of hydrogen-bond acceptors (Lipinski definition) is 6. The fourth-order valence-corrected chi connectivity index (χ4v) is 5.66. The maximum atomic E-state index is 6.30. The first-order valence-electron chi connectivity index (χ1n) is 11.0. The first-order chi connectivity index (χ1) is 16.4. The molecule has 2 aromatic carbocycles. The Morgan fingerprint density at radius 2 is 1.88 bits per heavy atom. The number of halogens is 1. The van der Waals surface area contributed by atoms with Crippen molar-refractivity contribution in [3.8, 4) is 16.3 Å². The molecule has 0 aliphatic carbocycles. The van der Waals surface area contributed by atoms with Crippen LogP contribution in [0.25, 0.3) is 10.6 Å². The third-order valence-corrected chi connectivity index (χ3v) is 7.94. The van der Waals surface area contributed by atoms with Gasteiger partial charge in [0.2, 0.25) is 0 Å². The van der Waals surface area contributed by atoms with Gasteiger partial charge in [0, 0.05) is 28.3 Å². The highest BCUT2D eigenvalue weighted by molar-refractivity contribution is 7.98. The van der Waals surface area contributed by atoms with Crippen LogP contribution in [0.5, 0.6) is 5.75 Å². The summed E-state index contributed by atoms with van der Waals surface area (Å²) in [7, 11) is 0. The Kier molecular flexibility index (Phi) is 7.76. The van der Waals surface area contributed by atoms with Gasteiger partial charge in [-0.3, -0.25) is 4.57 Å². The lowest BCUT2D eigenvalue weighted by atomic mass is 10.1. The van der Waals surface area contributed by atoms with Gasteiger partial charge in [0.25, 0.3) is 0 Å². The molecule has 1 unspecified atom stereocenters. The molecule has 2 heterocycles. The Morgan fingerprint density at radius 3 is 2.59 bits per heavy atom. The lowest BCUT2D eigenvalue weighted by Crippen LogP contribution is -2.12. The molecule has 4 rings (SSSR count). The number of rotatable bonds is 9. The minimum absolute atomic E-state index is 0.284. The second kappa shape index (κ2) is 10.8. The zero-order valence-corrected chi connectivity index (χ0v) is 22.1. The summed E-state index contributed by atoms with van der Waals surface area (Å²) >= 11 is 9.59. The highest BCUT2D eigenvalue weighted by Gasteiger charge is 2.20. The van der Waals surface area contributed by atoms with E-state index in [4.69, 9.17) is 21.3 Å². The largest absolute Gasteiger partial charge is 0.483 e. The summed E-state index contributed by atoms with van der Waals surface area (Å²) in [6.07, 6.45) is 1.56. The molecule has 5 nitrogen and oxygen atoms in total. The Balaban J connectivity index is 1.49. The molecule has 0 saturated heterocycles. The van der Waals surface area contributed by atoms with Crippen LogP contribution in [0, 0.1) is 20.8 Å². The molecule has 1 atom stereocenters. The number of thioether (sulfide) groups is 1. The van der Waals surface area contributed by atoms with Crippen molar-refractivity contribution in [2.45, 2.75) is 51.3 Å². The van der Waals surface area contributed by atoms with E-state index in [1.54, 1.807) is 23.1 Å². The van der Waals surface area contributed by atoms with Crippen molar-refractivity contribution >= 4 is 34.7 Å². The number of aromatic nitrogens is 4. The highest BCUT2D eigenvalue weighted by Crippen LogP contribution is 2.32. The third kappa shape index (κ3) is 5.37. The van der Waals surface area contributed by atoms with E-state index in [0.29, 0.717) is 12.3 Å². The Bertz CT molecular complexity index is 1290. The van der Waals surface area contributed by atoms with E-state index in [9.17, 15) is 0 Å². The zero-order valence-electron chi connectivity index (χ0n) is 19.7. The lowest BCUT2D eigenvalue weighted by Gasteiger charge is -2.17. The first kappa shape index (κ1) is 24.5. The molecule has 0 aliphatic rings. The SMILES string of the molecule is C=CCn1c(SCc2csc(-c3ccccc3C)n2)nnc1C(C)Oc1cc(C)c(Cl)c(C)c1. The fourth-order valence-electron chi connectivity index (χ4n) is 3.69. The molecule has 0 N–H and O–H groups in total. The summed E-state index contributed by atoms with van der Waals surface area (Å²) in [4.78, 5) is 4.84. The van der Waals surface area contributed by atoms with Gasteiger partial charge in [-0.15, -0.1) is 28.1 Å². The fraction of sp³-hybridized carbons (Fsp3) is 0.269. The van der Waals surface area contributed by atoms with Crippen LogP contribution < -0.4 is 4.74 Å². The standard InChI is InChI=1S/C26H27ClN4OS2/c1-6-11-31-24(19(5)32-21-12-17(3)23(27)18(4)13-21)29-30-26(31)34-15-20-14-33-25(28-20)22-10-8-7-9-16(22)2/h6-10,12-14,19H,1,11,15H2,2-5H3. The maximum Gasteiger partial charge on any atom is 0.192 e. The Morgan fingerprint density at radius 1 is 1.15 bits per heavy atom. The van der Waals surface area contributed by atoms with Gasteiger partial charge in [-0.05, 0) is 56.5 Å². The van der Waals surface area contributed by atoms with Crippen LogP contribution in [0.1, 0.15) is 41.2 Å². The number of nitrogens with zero attached hydrogens (tertiary/aromatic N) is 4. The van der Waals surface area contributed by atoms with Crippen LogP contribution in [-0.4, -0.2) is 19.7 Å². The number of thiazole rings is 1. The van der Waals surface area contributed by atoms with E-state index in [0.717, 1.165) is 43.6 Å². The van der Waals surface area contributed by atoms with Gasteiger partial charge in [0.15, 0.2) is 17.1 Å². The second-order valence-corrected chi connectivity index (χ2v) is 10.3. The highest BCUT2D eigenvalue weighted by atomic mass is 35.5. The van der Waals surface area contributed by atoms with Gasteiger partial charge < -0.3 is 4.74 Å². The smallest absolute Gasteiger partial charge is 0.192 e. The topological polar surface area (TPSA) is 52.8 Å². The molecule has 0 spiro atoms. The molecule has 0 fully saturated rings. The van der Waals surface area contributed by atoms with Crippen molar-refractivity contribution < 1.29 is 4.74 Å². The summed E-state index contributed by atoms with van der Waals surface area (Å²) < 4.78 is 8.26. The summed E-state index contributed by atoms with van der Waals surface area (Å²) in [5.41, 5.74) is 5.41. The number of ether oxygens (including phenoxy) is 1. The number of allylic oxidation sites excluding steroid dienone is 1. The van der Waals surface area contributed by atoms with Crippen molar-refractivity contribution in [1.29, 1.82) is 0 Å². The predicted molar refractivity (Wildman–Crippen MR) is 142 cm³/mol. The molecule has 176 valence electrons. The average Bonchev–Trinajstić information content (AvgIpc) is 3.44. The van der Waals surface area contributed by atoms with Gasteiger partial charge in [-0.25, -0.2) is 4.98 Å². The van der Waals surface area contributed by atoms with Gasteiger partial charge in [-0.2, -0.15) is 0 Å². The molecule has 2 aromatic heterocycles. The molecule has 4 aromatic rings. The van der Waals surface area contributed by atoms with Crippen molar-refractivity contribution in [3.63, 3.8) is 0 Å². The van der Waals surface area contributed by atoms with E-state index >= 15 is 0 Å². The third-order valence-electron chi connectivity index (χ3n) is 5.42. The van der Waals surface area contributed by atoms with Crippen LogP contribution in [0.4, 0.5) is 0 Å². The number of aryl methyl sites for hydroxylation is 3. The minimum atomic E-state index is -0.284. The first-order valence-corrected chi connectivity index (χ1v) is 13.2. The zero-order chi connectivity index (χ0) is 24.2. The van der Waals surface area contributed by atoms with Crippen LogP contribution in [-0.2, 0) is 12.3 Å². The minimum Gasteiger partial charge on any atom is -0.483 e. The second-order valence-electron chi connectivity index (χ2n) is 8.12. The predicted octanol–water partition coefficient (Wildman–Crippen LogP) is 7.60. The Hall–Kier alpha value is -2.61. The average molecular weight is 511 g/mol. The van der Waals surface area contributed by atoms with Gasteiger partial charge in [0.1, 0.15) is 10.8 Å². The van der Waals surface area contributed by atoms with Crippen molar-refractivity contribution in [2.24, 2.45) is 0 Å². The summed E-state index contributed by atoms with van der Waals surface area (Å²) in [6.45, 7) is 12.5. The molecule has 8 heteroatoms. The Labute approximate surface area is 213 Å². The number of hydrogen-bond donors (Lipinski definition) is 0. The monoisotopic (exact) mass is 510 g/mol. The molecular formula is C26H27ClN4OS2. The van der Waals surface area contributed by atoms with E-state index in [2.05, 4.69) is 41.2 Å². The molecule has 0 bridgehead atoms. The summed E-state index contributed by atoms with van der Waals surface area (Å²) in [5.74, 6) is 2.23. The van der Waals surface area contributed by atoms with Gasteiger partial charge >= 0.3 is 0 Å². The van der Waals surface area contributed by atoms with Crippen LogP contribution in [0.15, 0.2) is 59.6 Å². The molecular weight excluding hydrogens is 484 g/mol. The van der Waals surface area contributed by atoms with E-state index < -0.39 is 0 Å². The number of benzene rings is 2. The van der Waals surface area contributed by atoms with Crippen LogP contribution in [0.3, 0.4) is 0 Å². The maximum absolute atomic E-state index is 6.30. The summed E-state index contributed by atoms with van der Waals surface area (Å²) in [6, 6.07) is 12.2. The van der Waals surface area contributed by atoms with E-state index in [1.807, 2.05) is 55.7 Å². The lowest BCUT2D eigenvalue weighted by molar-refractivity contribution is 0.210. The van der Waals surface area contributed by atoms with Crippen molar-refractivity contribution in [2.75, 3.05) is 0 Å². The van der Waals surface area contributed by atoms with Gasteiger partial charge in [-0.1, -0.05) is 53.7 Å². The summed E-state index contributed by atoms with van der Waals surface area (Å²) in [5, 5.41) is 13.6. The van der Waals surface area contributed by atoms with E-state index in [-0.39, 0.29) is 6.10 Å². The quantitative estimate of drug-likeness (QED) is 0.171. The van der Waals surface area contributed by atoms with Crippen LogP contribution in [0.2, 0.25) is 5.02 Å². The molecule has 0 radical (unpaired) electrons. The molecule has 34 heavy (non-hydrogen) atoms.